The highest BCUT2D eigenvalue weighted by atomic mass is 35.5. The van der Waals surface area contributed by atoms with Gasteiger partial charge in [-0.1, -0.05) is 18.0 Å². The van der Waals surface area contributed by atoms with Crippen LogP contribution in [0.3, 0.4) is 0 Å². The largest absolute Gasteiger partial charge is 0.484 e. The molecule has 2 atom stereocenters. The minimum atomic E-state index is -4.18. The van der Waals surface area contributed by atoms with E-state index in [0.29, 0.717) is 0 Å². The standard InChI is InChI=1S/C19H20ClFN4O3S2/c1-19(5-3-2-4-17(19)25-7-6-22-11-25)28-15-9-14(21)16(8-13(15)20)30(26,27)24-18-10-29-12-23-18/h6-12,17,24H,2-5H2,1H3/t17-,19-/m0/s1. The molecule has 2 heterocycles. The lowest BCUT2D eigenvalue weighted by molar-refractivity contribution is -0.00118. The predicted octanol–water partition coefficient (Wildman–Crippen LogP) is 4.89. The topological polar surface area (TPSA) is 86.1 Å². The zero-order valence-electron chi connectivity index (χ0n) is 16.1. The van der Waals surface area contributed by atoms with E-state index < -0.39 is 26.3 Å². The van der Waals surface area contributed by atoms with Gasteiger partial charge in [0.05, 0.1) is 22.9 Å². The zero-order valence-corrected chi connectivity index (χ0v) is 18.5. The van der Waals surface area contributed by atoms with Crippen LogP contribution in [-0.2, 0) is 10.0 Å². The highest BCUT2D eigenvalue weighted by Crippen LogP contribution is 2.42. The molecule has 2 aromatic heterocycles. The third kappa shape index (κ3) is 4.17. The molecule has 1 N–H and O–H groups in total. The van der Waals surface area contributed by atoms with Crippen LogP contribution < -0.4 is 9.46 Å². The van der Waals surface area contributed by atoms with E-state index in [4.69, 9.17) is 16.3 Å². The van der Waals surface area contributed by atoms with Crippen molar-refractivity contribution in [3.05, 3.63) is 52.6 Å². The van der Waals surface area contributed by atoms with Crippen molar-refractivity contribution in [1.82, 2.24) is 14.5 Å². The van der Waals surface area contributed by atoms with Gasteiger partial charge in [-0.15, -0.1) is 11.3 Å². The summed E-state index contributed by atoms with van der Waals surface area (Å²) in [5, 5.41) is 1.53. The molecule has 160 valence electrons. The van der Waals surface area contributed by atoms with Crippen molar-refractivity contribution in [2.24, 2.45) is 0 Å². The highest BCUT2D eigenvalue weighted by molar-refractivity contribution is 7.92. The number of rotatable bonds is 6. The molecule has 1 aliphatic carbocycles. The van der Waals surface area contributed by atoms with Crippen LogP contribution in [-0.4, -0.2) is 28.6 Å². The average Bonchev–Trinajstić information content (AvgIpc) is 3.38. The number of benzene rings is 1. The van der Waals surface area contributed by atoms with E-state index in [1.165, 1.54) is 22.2 Å². The molecule has 1 aromatic carbocycles. The Kier molecular flexibility index (Phi) is 5.73. The number of sulfonamides is 1. The first-order valence-electron chi connectivity index (χ1n) is 9.35. The number of hydrogen-bond acceptors (Lipinski definition) is 6. The van der Waals surface area contributed by atoms with Crippen molar-refractivity contribution in [2.75, 3.05) is 4.72 Å². The maximum atomic E-state index is 14.8. The normalized spacial score (nSPS) is 22.0. The number of hydrogen-bond donors (Lipinski definition) is 1. The molecule has 7 nitrogen and oxygen atoms in total. The van der Waals surface area contributed by atoms with Gasteiger partial charge in [0.1, 0.15) is 22.1 Å². The molecule has 30 heavy (non-hydrogen) atoms. The van der Waals surface area contributed by atoms with Crippen LogP contribution >= 0.6 is 22.9 Å². The van der Waals surface area contributed by atoms with Gasteiger partial charge in [0.2, 0.25) is 0 Å². The SMILES string of the molecule is C[C@]1(Oc2cc(F)c(S(=O)(=O)Nc3cscn3)cc2Cl)CCCC[C@@H]1n1ccnc1. The molecular weight excluding hydrogens is 451 g/mol. The van der Waals surface area contributed by atoms with E-state index in [2.05, 4.69) is 14.7 Å². The van der Waals surface area contributed by atoms with Crippen LogP contribution in [0.25, 0.3) is 0 Å². The summed E-state index contributed by atoms with van der Waals surface area (Å²) in [5.41, 5.74) is 0.827. The van der Waals surface area contributed by atoms with Gasteiger partial charge in [-0.2, -0.15) is 0 Å². The van der Waals surface area contributed by atoms with Crippen molar-refractivity contribution in [2.45, 2.75) is 49.1 Å². The third-order valence-electron chi connectivity index (χ3n) is 5.28. The smallest absolute Gasteiger partial charge is 0.266 e. The Morgan fingerprint density at radius 3 is 2.93 bits per heavy atom. The third-order valence-corrected chi connectivity index (χ3v) is 7.53. The fraction of sp³-hybridized carbons (Fsp3) is 0.368. The van der Waals surface area contributed by atoms with Gasteiger partial charge >= 0.3 is 0 Å². The predicted molar refractivity (Wildman–Crippen MR) is 113 cm³/mol. The molecule has 0 saturated heterocycles. The Bertz CT molecular complexity index is 1120. The lowest BCUT2D eigenvalue weighted by atomic mass is 9.81. The molecule has 1 fully saturated rings. The number of imidazole rings is 1. The molecule has 0 amide bonds. The van der Waals surface area contributed by atoms with Gasteiger partial charge in [-0.25, -0.2) is 22.8 Å². The van der Waals surface area contributed by atoms with E-state index in [1.807, 2.05) is 17.7 Å². The average molecular weight is 471 g/mol. The van der Waals surface area contributed by atoms with E-state index in [1.54, 1.807) is 12.5 Å². The lowest BCUT2D eigenvalue weighted by Gasteiger charge is -2.42. The molecule has 0 radical (unpaired) electrons. The first-order valence-corrected chi connectivity index (χ1v) is 12.2. The molecular formula is C19H20ClFN4O3S2. The maximum Gasteiger partial charge on any atom is 0.266 e. The van der Waals surface area contributed by atoms with Gasteiger partial charge in [0.25, 0.3) is 10.0 Å². The monoisotopic (exact) mass is 470 g/mol. The molecule has 3 aromatic rings. The Balaban J connectivity index is 1.63. The molecule has 0 aliphatic heterocycles. The summed E-state index contributed by atoms with van der Waals surface area (Å²) in [6, 6.07) is 2.10. The highest BCUT2D eigenvalue weighted by Gasteiger charge is 2.40. The van der Waals surface area contributed by atoms with Crippen molar-refractivity contribution in [1.29, 1.82) is 0 Å². The second-order valence-corrected chi connectivity index (χ2v) is 10.2. The first kappa shape index (κ1) is 21.1. The lowest BCUT2D eigenvalue weighted by Crippen LogP contribution is -2.44. The summed E-state index contributed by atoms with van der Waals surface area (Å²) in [6.07, 6.45) is 8.96. The minimum absolute atomic E-state index is 0.00243. The number of ether oxygens (including phenoxy) is 1. The summed E-state index contributed by atoms with van der Waals surface area (Å²) >= 11 is 7.55. The van der Waals surface area contributed by atoms with E-state index in [0.717, 1.165) is 37.8 Å². The van der Waals surface area contributed by atoms with Crippen molar-refractivity contribution >= 4 is 38.8 Å². The van der Waals surface area contributed by atoms with Crippen LogP contribution in [0.5, 0.6) is 5.75 Å². The second kappa shape index (κ2) is 8.16. The van der Waals surface area contributed by atoms with E-state index in [9.17, 15) is 12.8 Å². The van der Waals surface area contributed by atoms with Gasteiger partial charge in [-0.05, 0) is 32.3 Å². The van der Waals surface area contributed by atoms with Gasteiger partial charge in [0.15, 0.2) is 5.82 Å². The van der Waals surface area contributed by atoms with Gasteiger partial charge < -0.3 is 9.30 Å². The number of anilines is 1. The van der Waals surface area contributed by atoms with Crippen LogP contribution in [0.4, 0.5) is 10.2 Å². The first-order chi connectivity index (χ1) is 14.3. The molecule has 1 aliphatic rings. The quantitative estimate of drug-likeness (QED) is 0.554. The molecule has 1 saturated carbocycles. The van der Waals surface area contributed by atoms with Crippen LogP contribution in [0.15, 0.2) is 46.6 Å². The number of halogens is 2. The molecule has 11 heteroatoms. The Hall–Kier alpha value is -2.17. The molecule has 0 unspecified atom stereocenters. The summed E-state index contributed by atoms with van der Waals surface area (Å²) in [7, 11) is -4.18. The molecule has 4 rings (SSSR count). The Morgan fingerprint density at radius 2 is 2.23 bits per heavy atom. The van der Waals surface area contributed by atoms with Crippen molar-refractivity contribution in [3.8, 4) is 5.75 Å². The van der Waals surface area contributed by atoms with Crippen LogP contribution in [0, 0.1) is 5.82 Å². The number of nitrogens with zero attached hydrogens (tertiary/aromatic N) is 3. The van der Waals surface area contributed by atoms with Gasteiger partial charge in [-0.3, -0.25) is 4.72 Å². The second-order valence-electron chi connectivity index (χ2n) is 7.38. The zero-order chi connectivity index (χ0) is 21.4. The molecule has 0 bridgehead atoms. The Morgan fingerprint density at radius 1 is 1.40 bits per heavy atom. The fourth-order valence-corrected chi connectivity index (χ4v) is 5.74. The molecule has 0 spiro atoms. The van der Waals surface area contributed by atoms with Crippen LogP contribution in [0.1, 0.15) is 38.6 Å². The summed E-state index contributed by atoms with van der Waals surface area (Å²) in [5.74, 6) is -0.722. The van der Waals surface area contributed by atoms with E-state index >= 15 is 0 Å². The summed E-state index contributed by atoms with van der Waals surface area (Å²) < 4.78 is 50.4. The van der Waals surface area contributed by atoms with Crippen molar-refractivity contribution in [3.63, 3.8) is 0 Å². The number of aromatic nitrogens is 3. The summed E-state index contributed by atoms with van der Waals surface area (Å²) in [4.78, 5) is 7.41. The Labute approximate surface area is 182 Å². The minimum Gasteiger partial charge on any atom is -0.484 e. The number of nitrogens with one attached hydrogen (secondary N) is 1. The van der Waals surface area contributed by atoms with Crippen LogP contribution in [0.2, 0.25) is 5.02 Å². The van der Waals surface area contributed by atoms with Gasteiger partial charge in [0, 0.05) is 23.8 Å². The number of thiazole rings is 1. The maximum absolute atomic E-state index is 14.8. The van der Waals surface area contributed by atoms with Crippen molar-refractivity contribution < 1.29 is 17.5 Å². The summed E-state index contributed by atoms with van der Waals surface area (Å²) in [6.45, 7) is 1.96. The fourth-order valence-electron chi connectivity index (χ4n) is 3.82. The van der Waals surface area contributed by atoms with E-state index in [-0.39, 0.29) is 22.6 Å².